The molecular weight excluding hydrogens is 454 g/mol. The molecule has 140 valence electrons. The molecule has 2 aromatic rings. The second-order valence-corrected chi connectivity index (χ2v) is 6.03. The van der Waals surface area contributed by atoms with Crippen molar-refractivity contribution in [1.82, 2.24) is 0 Å². The summed E-state index contributed by atoms with van der Waals surface area (Å²) >= 11 is 0. The van der Waals surface area contributed by atoms with Gasteiger partial charge in [-0.2, -0.15) is 23.8 Å². The van der Waals surface area contributed by atoms with Gasteiger partial charge in [-0.1, -0.05) is 62.1 Å². The summed E-state index contributed by atoms with van der Waals surface area (Å²) < 4.78 is 5.39. The predicted octanol–water partition coefficient (Wildman–Crippen LogP) is -0.0618. The van der Waals surface area contributed by atoms with E-state index in [1.54, 1.807) is 7.11 Å². The van der Waals surface area contributed by atoms with E-state index in [-0.39, 0.29) is 51.0 Å². The predicted molar refractivity (Wildman–Crippen MR) is 100 cm³/mol. The van der Waals surface area contributed by atoms with Gasteiger partial charge in [-0.3, -0.25) is 6.08 Å². The average molecular weight is 479 g/mol. The van der Waals surface area contributed by atoms with Crippen LogP contribution in [-0.2, 0) is 32.6 Å². The Hall–Kier alpha value is -0.817. The Morgan fingerprint density at radius 1 is 1.04 bits per heavy atom. The second-order valence-electron chi connectivity index (χ2n) is 6.03. The zero-order valence-electron chi connectivity index (χ0n) is 16.0. The van der Waals surface area contributed by atoms with E-state index in [1.807, 2.05) is 12.1 Å². The zero-order chi connectivity index (χ0) is 16.9. The minimum Gasteiger partial charge on any atom is -1.00 e. The van der Waals surface area contributed by atoms with Gasteiger partial charge in [-0.25, -0.2) is 5.57 Å². The first-order valence-corrected chi connectivity index (χ1v) is 8.73. The van der Waals surface area contributed by atoms with Crippen molar-refractivity contribution in [2.24, 2.45) is 0 Å². The number of halogens is 2. The van der Waals surface area contributed by atoms with Crippen molar-refractivity contribution in [3.63, 3.8) is 0 Å². The van der Waals surface area contributed by atoms with Gasteiger partial charge < -0.3 is 29.6 Å². The van der Waals surface area contributed by atoms with Crippen LogP contribution >= 0.6 is 0 Å². The second kappa shape index (κ2) is 12.6. The topological polar surface area (TPSA) is 9.23 Å². The zero-order valence-corrected chi connectivity index (χ0v) is 20.0. The fourth-order valence-electron chi connectivity index (χ4n) is 3.48. The van der Waals surface area contributed by atoms with Crippen LogP contribution in [0.1, 0.15) is 44.2 Å². The van der Waals surface area contributed by atoms with Crippen LogP contribution in [0.15, 0.2) is 53.6 Å². The van der Waals surface area contributed by atoms with Crippen LogP contribution in [0.3, 0.4) is 0 Å². The minimum absolute atomic E-state index is 0. The molecule has 0 aromatic heterocycles. The molecule has 0 saturated carbocycles. The number of hydrogen-bond acceptors (Lipinski definition) is 1. The van der Waals surface area contributed by atoms with Crippen LogP contribution in [0.5, 0.6) is 5.75 Å². The van der Waals surface area contributed by atoms with Crippen molar-refractivity contribution < 1.29 is 55.8 Å². The molecule has 2 aliphatic rings. The van der Waals surface area contributed by atoms with Gasteiger partial charge in [0, 0.05) is 5.75 Å². The van der Waals surface area contributed by atoms with Gasteiger partial charge in [0.1, 0.15) is 0 Å². The van der Waals surface area contributed by atoms with Gasteiger partial charge in [0.2, 0.25) is 0 Å². The molecule has 1 nitrogen and oxygen atoms in total. The molecule has 0 bridgehead atoms. The largest absolute Gasteiger partial charge is 4.00 e. The van der Waals surface area contributed by atoms with Gasteiger partial charge in [-0.15, -0.1) is 18.1 Å². The third-order valence-corrected chi connectivity index (χ3v) is 4.70. The van der Waals surface area contributed by atoms with Gasteiger partial charge in [0.25, 0.3) is 0 Å². The molecule has 0 aliphatic heterocycles. The molecule has 0 heterocycles. The van der Waals surface area contributed by atoms with Crippen molar-refractivity contribution in [3.8, 4) is 16.9 Å². The fraction of sp³-hybridized carbons (Fsp3) is 0.304. The van der Waals surface area contributed by atoms with Crippen LogP contribution in [0.2, 0.25) is 0 Å². The molecule has 27 heavy (non-hydrogen) atoms. The third kappa shape index (κ3) is 5.83. The van der Waals surface area contributed by atoms with E-state index in [2.05, 4.69) is 56.3 Å². The number of hydrogen-bond donors (Lipinski definition) is 0. The first-order valence-electron chi connectivity index (χ1n) is 8.73. The summed E-state index contributed by atoms with van der Waals surface area (Å²) in [5.74, 6) is 0.952. The Labute approximate surface area is 195 Å². The van der Waals surface area contributed by atoms with E-state index in [9.17, 15) is 0 Å². The fourth-order valence-corrected chi connectivity index (χ4v) is 3.48. The van der Waals surface area contributed by atoms with Crippen LogP contribution < -0.4 is 29.6 Å². The quantitative estimate of drug-likeness (QED) is 0.480. The molecular formula is C23H24Cl2OZr. The monoisotopic (exact) mass is 476 g/mol. The number of ether oxygens (including phenoxy) is 1. The molecule has 4 heteroatoms. The van der Waals surface area contributed by atoms with Gasteiger partial charge >= 0.3 is 26.2 Å². The molecule has 0 fully saturated rings. The summed E-state index contributed by atoms with van der Waals surface area (Å²) in [5.41, 5.74) is 8.08. The van der Waals surface area contributed by atoms with E-state index in [0.717, 1.165) is 25.0 Å². The summed E-state index contributed by atoms with van der Waals surface area (Å²) in [5, 5.41) is 0. The van der Waals surface area contributed by atoms with Crippen molar-refractivity contribution in [3.05, 3.63) is 76.9 Å². The molecule has 0 radical (unpaired) electrons. The Morgan fingerprint density at radius 3 is 2.41 bits per heavy atom. The minimum atomic E-state index is 0. The molecule has 0 atom stereocenters. The van der Waals surface area contributed by atoms with Crippen LogP contribution in [0.25, 0.3) is 11.1 Å². The molecule has 0 saturated heterocycles. The van der Waals surface area contributed by atoms with Crippen LogP contribution in [-0.4, -0.2) is 7.11 Å². The van der Waals surface area contributed by atoms with Crippen LogP contribution in [0, 0.1) is 12.1 Å². The summed E-state index contributed by atoms with van der Waals surface area (Å²) in [7, 11) is 1.72. The SMILES string of the molecule is CCC1=[C-]CC=C1CC.COc1cc[c-]c2c1-c1ccccc1C2.[Cl-].[Cl-].[Zr+4]. The molecule has 2 aliphatic carbocycles. The summed E-state index contributed by atoms with van der Waals surface area (Å²) in [6, 6.07) is 15.7. The standard InChI is InChI=1S/C14H11O.C9H13.2ClH.Zr/c1-15-13-8-4-6-11-9-10-5-2-3-7-12(10)14(11)13;1-3-8-6-5-7-9(8)4-2;;;/h2-5,7-8H,9H2,1H3;6H,3-5H2,1-2H3;2*1H;/q2*-1;;;+4/p-2. The van der Waals surface area contributed by atoms with Crippen LogP contribution in [0.4, 0.5) is 0 Å². The molecule has 0 unspecified atom stereocenters. The Balaban J connectivity index is 0.000000498. The van der Waals surface area contributed by atoms with E-state index in [0.29, 0.717) is 0 Å². The number of methoxy groups -OCH3 is 1. The molecule has 2 aromatic carbocycles. The molecule has 0 amide bonds. The number of allylic oxidation sites excluding steroid dienone is 4. The smallest absolute Gasteiger partial charge is 1.00 e. The van der Waals surface area contributed by atoms with E-state index < -0.39 is 0 Å². The average Bonchev–Trinajstić information content (AvgIpc) is 3.25. The van der Waals surface area contributed by atoms with Crippen molar-refractivity contribution in [1.29, 1.82) is 0 Å². The van der Waals surface area contributed by atoms with Crippen molar-refractivity contribution >= 4 is 0 Å². The maximum atomic E-state index is 5.39. The molecule has 0 N–H and O–H groups in total. The van der Waals surface area contributed by atoms with E-state index >= 15 is 0 Å². The van der Waals surface area contributed by atoms with E-state index in [4.69, 9.17) is 4.74 Å². The number of benzene rings is 2. The third-order valence-electron chi connectivity index (χ3n) is 4.70. The molecule has 4 rings (SSSR count). The summed E-state index contributed by atoms with van der Waals surface area (Å²) in [6.45, 7) is 4.39. The Kier molecular flexibility index (Phi) is 12.2. The Morgan fingerprint density at radius 2 is 1.78 bits per heavy atom. The van der Waals surface area contributed by atoms with Gasteiger partial charge in [0.05, 0.1) is 7.11 Å². The normalized spacial score (nSPS) is 12.6. The first-order chi connectivity index (χ1) is 11.8. The summed E-state index contributed by atoms with van der Waals surface area (Å²) in [4.78, 5) is 0. The van der Waals surface area contributed by atoms with E-state index in [1.165, 1.54) is 39.8 Å². The first kappa shape index (κ1) is 26.2. The Bertz CT molecular complexity index is 779. The number of fused-ring (bicyclic) bond motifs is 3. The summed E-state index contributed by atoms with van der Waals surface area (Å²) in [6.07, 6.45) is 9.96. The maximum Gasteiger partial charge on any atom is 4.00 e. The van der Waals surface area contributed by atoms with Crippen molar-refractivity contribution in [2.45, 2.75) is 39.5 Å². The van der Waals surface area contributed by atoms with Gasteiger partial charge in [-0.05, 0) is 12.0 Å². The van der Waals surface area contributed by atoms with Gasteiger partial charge in [0.15, 0.2) is 0 Å². The van der Waals surface area contributed by atoms with Crippen molar-refractivity contribution in [2.75, 3.05) is 7.11 Å². The molecule has 0 spiro atoms. The number of rotatable bonds is 3. The maximum absolute atomic E-state index is 5.39.